The summed E-state index contributed by atoms with van der Waals surface area (Å²) in [7, 11) is 1.75. The number of amidine groups is 1. The summed E-state index contributed by atoms with van der Waals surface area (Å²) in [5.74, 6) is 1.09. The van der Waals surface area contributed by atoms with Crippen LogP contribution in [0.15, 0.2) is 66.0 Å². The largest absolute Gasteiger partial charge is 0.387 e. The van der Waals surface area contributed by atoms with Gasteiger partial charge in [0.1, 0.15) is 17.8 Å². The van der Waals surface area contributed by atoms with Crippen LogP contribution in [0.25, 0.3) is 0 Å². The first-order valence-corrected chi connectivity index (χ1v) is 17.7. The smallest absolute Gasteiger partial charge is 0.212 e. The number of hydrogen-bond donors (Lipinski definition) is 3. The van der Waals surface area contributed by atoms with Crippen molar-refractivity contribution in [2.24, 2.45) is 28.0 Å². The minimum Gasteiger partial charge on any atom is -0.387 e. The number of carbonyl (C=O) groups excluding carboxylic acids is 2. The van der Waals surface area contributed by atoms with Crippen molar-refractivity contribution < 1.29 is 14.0 Å². The van der Waals surface area contributed by atoms with E-state index in [2.05, 4.69) is 53.1 Å². The number of likely N-dealkylation sites (N-methyl/N-ethyl adjacent to an activating group) is 1. The lowest BCUT2D eigenvalue weighted by atomic mass is 9.76. The zero-order valence-electron chi connectivity index (χ0n) is 30.9. The first-order chi connectivity index (χ1) is 22.7. The molecule has 1 fully saturated rings. The van der Waals surface area contributed by atoms with Crippen molar-refractivity contribution in [3.05, 3.63) is 72.1 Å². The third-order valence-corrected chi connectivity index (χ3v) is 8.84. The fourth-order valence-corrected chi connectivity index (χ4v) is 6.33. The summed E-state index contributed by atoms with van der Waals surface area (Å²) in [4.78, 5) is 32.0. The van der Waals surface area contributed by atoms with E-state index in [9.17, 15) is 14.0 Å². The van der Waals surface area contributed by atoms with Gasteiger partial charge in [0.15, 0.2) is 0 Å². The molecular formula is C39H63ClFN5O2. The average molecular weight is 688 g/mol. The topological polar surface area (TPSA) is 112 Å². The molecule has 1 amide bonds. The van der Waals surface area contributed by atoms with Gasteiger partial charge in [0, 0.05) is 17.2 Å². The Hall–Kier alpha value is -3.10. The zero-order chi connectivity index (χ0) is 36.9. The van der Waals surface area contributed by atoms with E-state index in [1.807, 2.05) is 36.1 Å². The normalized spacial score (nSPS) is 19.6. The highest BCUT2D eigenvalue weighted by Crippen LogP contribution is 2.45. The van der Waals surface area contributed by atoms with Gasteiger partial charge >= 0.3 is 0 Å². The minimum absolute atomic E-state index is 0.152. The second kappa shape index (κ2) is 23.3. The van der Waals surface area contributed by atoms with Crippen LogP contribution >= 0.6 is 11.6 Å². The molecule has 0 spiro atoms. The van der Waals surface area contributed by atoms with E-state index in [1.54, 1.807) is 13.1 Å². The van der Waals surface area contributed by atoms with Gasteiger partial charge < -0.3 is 16.0 Å². The zero-order valence-corrected chi connectivity index (χ0v) is 31.6. The van der Waals surface area contributed by atoms with Crippen LogP contribution in [0, 0.1) is 22.7 Å². The minimum atomic E-state index is -0.776. The number of allylic oxidation sites excluding steroid dienone is 4. The number of hydrogen-bond acceptors (Lipinski definition) is 5. The van der Waals surface area contributed by atoms with Gasteiger partial charge in [0.25, 0.3) is 0 Å². The fourth-order valence-electron chi connectivity index (χ4n) is 6.16. The Balaban J connectivity index is 0.00000247. The number of aldehydes is 1. The molecule has 0 aromatic heterocycles. The Morgan fingerprint density at radius 3 is 2.23 bits per heavy atom. The molecule has 9 heteroatoms. The molecule has 3 unspecified atom stereocenters. The molecule has 1 aromatic rings. The van der Waals surface area contributed by atoms with Crippen LogP contribution in [0.2, 0.25) is 0 Å². The standard InChI is InChI=1S/C34H50ClFN2O2.C3H9N3.C2H4/c1-8-31(29(18-21-35)22-26(4)36)37-34(19-9-10-30(17-20-34)33(5,6)7)38(24-40)32(16-11-25(2)3)28-14-12-27(23-39)13-15-28;1-6-2-3(4)5;1-2/h12-15,18,22-25,30,32H,8-11,16-17,19-21H2,1-7H3;6H,2H2,1H3,(H3,4,5);1-2H2/b26-22+,29-18+,37-31+;;. The number of nitrogens with one attached hydrogen (secondary N) is 2. The van der Waals surface area contributed by atoms with E-state index in [0.717, 1.165) is 68.9 Å². The van der Waals surface area contributed by atoms with Crippen molar-refractivity contribution in [3.8, 4) is 0 Å². The van der Waals surface area contributed by atoms with Crippen LogP contribution in [-0.2, 0) is 4.79 Å². The summed E-state index contributed by atoms with van der Waals surface area (Å²) in [5, 5.41) is 9.33. The SMILES string of the molecule is C=C.CCC(=N\C1(N(C=O)C(CCC(C)C)c2ccc(C=O)cc2)CCCC(C(C)(C)C)CC1)/C(/C=C(\C)F)=C/CCl.CNCC(=N)N. The first-order valence-electron chi connectivity index (χ1n) is 17.1. The number of rotatable bonds is 15. The molecule has 1 saturated carbocycles. The molecule has 3 atom stereocenters. The van der Waals surface area contributed by atoms with Gasteiger partial charge in [-0.3, -0.25) is 20.0 Å². The van der Waals surface area contributed by atoms with Crippen LogP contribution in [0.1, 0.15) is 122 Å². The maximum atomic E-state index is 14.1. The van der Waals surface area contributed by atoms with Gasteiger partial charge in [-0.15, -0.1) is 24.8 Å². The van der Waals surface area contributed by atoms with Gasteiger partial charge in [-0.2, -0.15) is 0 Å². The van der Waals surface area contributed by atoms with Crippen molar-refractivity contribution in [1.29, 1.82) is 5.41 Å². The lowest BCUT2D eigenvalue weighted by molar-refractivity contribution is -0.128. The van der Waals surface area contributed by atoms with Gasteiger partial charge in [-0.25, -0.2) is 4.39 Å². The summed E-state index contributed by atoms with van der Waals surface area (Å²) in [5.41, 5.74) is 7.34. The predicted octanol–water partition coefficient (Wildman–Crippen LogP) is 9.59. The molecule has 48 heavy (non-hydrogen) atoms. The van der Waals surface area contributed by atoms with Crippen LogP contribution in [-0.4, -0.2) is 54.3 Å². The third-order valence-electron chi connectivity index (χ3n) is 8.68. The number of nitrogens with zero attached hydrogens (tertiary/aromatic N) is 2. The van der Waals surface area contributed by atoms with Gasteiger partial charge in [0.05, 0.1) is 18.4 Å². The summed E-state index contributed by atoms with van der Waals surface area (Å²) in [6, 6.07) is 7.37. The Morgan fingerprint density at radius 2 is 1.81 bits per heavy atom. The lowest BCUT2D eigenvalue weighted by Crippen LogP contribution is -2.49. The van der Waals surface area contributed by atoms with E-state index in [4.69, 9.17) is 27.7 Å². The Morgan fingerprint density at radius 1 is 1.19 bits per heavy atom. The number of amides is 1. The predicted molar refractivity (Wildman–Crippen MR) is 204 cm³/mol. The molecule has 0 bridgehead atoms. The van der Waals surface area contributed by atoms with Crippen molar-refractivity contribution in [1.82, 2.24) is 10.2 Å². The summed E-state index contributed by atoms with van der Waals surface area (Å²) in [6.45, 7) is 21.2. The maximum Gasteiger partial charge on any atom is 0.212 e. The van der Waals surface area contributed by atoms with Crippen molar-refractivity contribution in [3.63, 3.8) is 0 Å². The molecular weight excluding hydrogens is 625 g/mol. The molecule has 0 radical (unpaired) electrons. The monoisotopic (exact) mass is 687 g/mol. The van der Waals surface area contributed by atoms with Crippen LogP contribution in [0.3, 0.4) is 0 Å². The number of alkyl halides is 1. The van der Waals surface area contributed by atoms with Crippen LogP contribution in [0.4, 0.5) is 4.39 Å². The summed E-state index contributed by atoms with van der Waals surface area (Å²) >= 11 is 6.10. The summed E-state index contributed by atoms with van der Waals surface area (Å²) in [6.07, 6.45) is 11.9. The van der Waals surface area contributed by atoms with Crippen LogP contribution < -0.4 is 11.1 Å². The molecule has 1 aliphatic carbocycles. The van der Waals surface area contributed by atoms with E-state index < -0.39 is 5.66 Å². The molecule has 1 aliphatic rings. The first kappa shape index (κ1) is 44.9. The highest BCUT2D eigenvalue weighted by molar-refractivity contribution is 6.19. The molecule has 0 heterocycles. The van der Waals surface area contributed by atoms with Gasteiger partial charge in [-0.05, 0) is 99.8 Å². The number of halogens is 2. The average Bonchev–Trinajstić information content (AvgIpc) is 3.26. The van der Waals surface area contributed by atoms with E-state index in [-0.39, 0.29) is 29.0 Å². The Kier molecular flexibility index (Phi) is 21.8. The Labute approximate surface area is 295 Å². The van der Waals surface area contributed by atoms with E-state index in [0.29, 0.717) is 35.9 Å². The third kappa shape index (κ3) is 15.4. The molecule has 0 saturated heterocycles. The molecule has 270 valence electrons. The fraction of sp³-hybridized carbons (Fsp3) is 0.590. The molecule has 2 rings (SSSR count). The van der Waals surface area contributed by atoms with Crippen LogP contribution in [0.5, 0.6) is 0 Å². The lowest BCUT2D eigenvalue weighted by Gasteiger charge is -2.44. The van der Waals surface area contributed by atoms with Gasteiger partial charge in [0.2, 0.25) is 6.41 Å². The van der Waals surface area contributed by atoms with E-state index in [1.165, 1.54) is 13.0 Å². The molecule has 1 aromatic carbocycles. The second-order valence-corrected chi connectivity index (χ2v) is 14.1. The highest BCUT2D eigenvalue weighted by atomic mass is 35.5. The molecule has 0 aliphatic heterocycles. The van der Waals surface area contributed by atoms with Crippen molar-refractivity contribution in [2.75, 3.05) is 19.5 Å². The number of carbonyl (C=O) groups is 2. The Bertz CT molecular complexity index is 1200. The number of aliphatic imine (C=N–C) groups is 1. The number of nitrogens with two attached hydrogens (primary N) is 1. The number of benzene rings is 1. The second-order valence-electron chi connectivity index (χ2n) is 13.8. The molecule has 7 nitrogen and oxygen atoms in total. The van der Waals surface area contributed by atoms with Gasteiger partial charge in [-0.1, -0.05) is 71.9 Å². The highest BCUT2D eigenvalue weighted by Gasteiger charge is 2.43. The summed E-state index contributed by atoms with van der Waals surface area (Å²) < 4.78 is 14.1. The van der Waals surface area contributed by atoms with E-state index >= 15 is 0 Å². The maximum absolute atomic E-state index is 14.1. The van der Waals surface area contributed by atoms with Crippen molar-refractivity contribution in [2.45, 2.75) is 112 Å². The molecule has 4 N–H and O–H groups in total. The quantitative estimate of drug-likeness (QED) is 0.0324. The van der Waals surface area contributed by atoms with Crippen molar-refractivity contribution >= 4 is 35.8 Å².